The summed E-state index contributed by atoms with van der Waals surface area (Å²) in [5.74, 6) is -1.20. The van der Waals surface area contributed by atoms with E-state index in [0.717, 1.165) is 6.20 Å². The Labute approximate surface area is 132 Å². The number of hydrogen-bond acceptors (Lipinski definition) is 4. The van der Waals surface area contributed by atoms with Gasteiger partial charge in [0, 0.05) is 12.3 Å². The third-order valence-corrected chi connectivity index (χ3v) is 3.10. The molecule has 0 spiro atoms. The lowest BCUT2D eigenvalue weighted by molar-refractivity contribution is -0.118. The summed E-state index contributed by atoms with van der Waals surface area (Å²) in [5.41, 5.74) is -0.150. The standard InChI is InChI=1S/C15H18FN5O2/c1-9(2)7-12(15(23)20-13-4-6-18-21-13)19-14(22)10-3-5-17-8-11(10)16/h3-6,8-9,12H,7H2,1-2H3,(H,19,22)(H2,18,20,21,23)/t12-/m0/s1. The Balaban J connectivity index is 2.10. The lowest BCUT2D eigenvalue weighted by Gasteiger charge is -2.19. The summed E-state index contributed by atoms with van der Waals surface area (Å²) < 4.78 is 13.6. The van der Waals surface area contributed by atoms with Crippen molar-refractivity contribution in [1.29, 1.82) is 0 Å². The zero-order chi connectivity index (χ0) is 16.8. The van der Waals surface area contributed by atoms with Crippen LogP contribution in [-0.2, 0) is 4.79 Å². The van der Waals surface area contributed by atoms with Crippen LogP contribution in [0.1, 0.15) is 30.6 Å². The summed E-state index contributed by atoms with van der Waals surface area (Å²) in [7, 11) is 0. The average Bonchev–Trinajstić information content (AvgIpc) is 2.99. The molecule has 2 rings (SSSR count). The summed E-state index contributed by atoms with van der Waals surface area (Å²) in [5, 5.41) is 11.5. The minimum atomic E-state index is -0.793. The van der Waals surface area contributed by atoms with E-state index in [4.69, 9.17) is 0 Å². The SMILES string of the molecule is CC(C)C[C@H](NC(=O)c1ccncc1F)C(=O)Nc1ccn[nH]1. The van der Waals surface area contributed by atoms with Gasteiger partial charge >= 0.3 is 0 Å². The van der Waals surface area contributed by atoms with E-state index < -0.39 is 23.7 Å². The Bertz CT molecular complexity index is 672. The van der Waals surface area contributed by atoms with Gasteiger partial charge in [-0.15, -0.1) is 0 Å². The minimum absolute atomic E-state index is 0.150. The first kappa shape index (κ1) is 16.6. The maximum Gasteiger partial charge on any atom is 0.255 e. The number of nitrogens with zero attached hydrogens (tertiary/aromatic N) is 2. The highest BCUT2D eigenvalue weighted by Crippen LogP contribution is 2.10. The third-order valence-electron chi connectivity index (χ3n) is 3.10. The number of anilines is 1. The Morgan fingerprint density at radius 1 is 1.30 bits per heavy atom. The number of aromatic nitrogens is 3. The molecule has 0 aliphatic carbocycles. The Hall–Kier alpha value is -2.77. The highest BCUT2D eigenvalue weighted by molar-refractivity contribution is 6.00. The van der Waals surface area contributed by atoms with Gasteiger partial charge in [-0.25, -0.2) is 4.39 Å². The van der Waals surface area contributed by atoms with Gasteiger partial charge in [0.25, 0.3) is 5.91 Å². The zero-order valence-corrected chi connectivity index (χ0v) is 12.8. The van der Waals surface area contributed by atoms with E-state index in [9.17, 15) is 14.0 Å². The fourth-order valence-corrected chi connectivity index (χ4v) is 2.04. The molecule has 2 amide bonds. The Kier molecular flexibility index (Phi) is 5.40. The van der Waals surface area contributed by atoms with E-state index in [1.807, 2.05) is 13.8 Å². The number of aromatic amines is 1. The number of carbonyl (C=O) groups excluding carboxylic acids is 2. The lowest BCUT2D eigenvalue weighted by Crippen LogP contribution is -2.44. The first-order valence-corrected chi connectivity index (χ1v) is 7.18. The molecule has 8 heteroatoms. The fourth-order valence-electron chi connectivity index (χ4n) is 2.04. The molecule has 0 bridgehead atoms. The number of nitrogens with one attached hydrogen (secondary N) is 3. The van der Waals surface area contributed by atoms with Crippen molar-refractivity contribution in [3.63, 3.8) is 0 Å². The van der Waals surface area contributed by atoms with Crippen LogP contribution in [0.3, 0.4) is 0 Å². The number of halogens is 1. The molecule has 122 valence electrons. The van der Waals surface area contributed by atoms with Crippen LogP contribution < -0.4 is 10.6 Å². The lowest BCUT2D eigenvalue weighted by atomic mass is 10.0. The molecular formula is C15H18FN5O2. The molecule has 1 atom stereocenters. The number of hydrogen-bond donors (Lipinski definition) is 3. The first-order valence-electron chi connectivity index (χ1n) is 7.18. The normalized spacial score (nSPS) is 12.0. The molecule has 7 nitrogen and oxygen atoms in total. The smallest absolute Gasteiger partial charge is 0.255 e. The predicted octanol–water partition coefficient (Wildman–Crippen LogP) is 1.73. The molecule has 0 saturated carbocycles. The largest absolute Gasteiger partial charge is 0.340 e. The topological polar surface area (TPSA) is 99.8 Å². The van der Waals surface area contributed by atoms with Crippen LogP contribution in [0.25, 0.3) is 0 Å². The first-order chi connectivity index (χ1) is 11.0. The molecule has 2 aromatic rings. The van der Waals surface area contributed by atoms with E-state index in [-0.39, 0.29) is 11.5 Å². The number of rotatable bonds is 6. The number of H-pyrrole nitrogens is 1. The molecule has 0 saturated heterocycles. The Morgan fingerprint density at radius 2 is 2.09 bits per heavy atom. The molecule has 0 fully saturated rings. The van der Waals surface area contributed by atoms with E-state index in [1.165, 1.54) is 18.5 Å². The van der Waals surface area contributed by atoms with Crippen LogP contribution in [-0.4, -0.2) is 33.0 Å². The van der Waals surface area contributed by atoms with Crippen LogP contribution in [0, 0.1) is 11.7 Å². The van der Waals surface area contributed by atoms with Gasteiger partial charge in [0.05, 0.1) is 18.0 Å². The molecule has 0 unspecified atom stereocenters. The van der Waals surface area contributed by atoms with Crippen molar-refractivity contribution in [1.82, 2.24) is 20.5 Å². The quantitative estimate of drug-likeness (QED) is 0.755. The van der Waals surface area contributed by atoms with Gasteiger partial charge in [-0.3, -0.25) is 19.7 Å². The second kappa shape index (κ2) is 7.48. The van der Waals surface area contributed by atoms with E-state index in [1.54, 1.807) is 6.07 Å². The van der Waals surface area contributed by atoms with Crippen molar-refractivity contribution in [2.75, 3.05) is 5.32 Å². The highest BCUT2D eigenvalue weighted by atomic mass is 19.1. The van der Waals surface area contributed by atoms with Gasteiger partial charge in [-0.05, 0) is 18.4 Å². The van der Waals surface area contributed by atoms with E-state index in [2.05, 4.69) is 25.8 Å². The predicted molar refractivity (Wildman–Crippen MR) is 82.1 cm³/mol. The molecule has 0 radical (unpaired) electrons. The Morgan fingerprint density at radius 3 is 2.70 bits per heavy atom. The summed E-state index contributed by atoms with van der Waals surface area (Å²) >= 11 is 0. The van der Waals surface area contributed by atoms with Crippen molar-refractivity contribution in [2.24, 2.45) is 5.92 Å². The molecule has 2 heterocycles. The van der Waals surface area contributed by atoms with E-state index in [0.29, 0.717) is 12.2 Å². The molecule has 0 aliphatic heterocycles. The summed E-state index contributed by atoms with van der Waals surface area (Å²) in [6.45, 7) is 3.85. The number of pyridine rings is 1. The van der Waals surface area contributed by atoms with Crippen LogP contribution >= 0.6 is 0 Å². The monoisotopic (exact) mass is 319 g/mol. The van der Waals surface area contributed by atoms with Crippen molar-refractivity contribution >= 4 is 17.6 Å². The van der Waals surface area contributed by atoms with Gasteiger partial charge in [-0.2, -0.15) is 5.10 Å². The molecule has 23 heavy (non-hydrogen) atoms. The van der Waals surface area contributed by atoms with Crippen molar-refractivity contribution in [2.45, 2.75) is 26.3 Å². The third kappa shape index (κ3) is 4.60. The molecule has 0 aromatic carbocycles. The molecule has 2 aromatic heterocycles. The summed E-state index contributed by atoms with van der Waals surface area (Å²) in [6, 6.07) is 2.07. The van der Waals surface area contributed by atoms with Gasteiger partial charge in [-0.1, -0.05) is 13.8 Å². The molecule has 0 aliphatic rings. The summed E-state index contributed by atoms with van der Waals surface area (Å²) in [6.07, 6.45) is 4.19. The van der Waals surface area contributed by atoms with Gasteiger partial charge < -0.3 is 10.6 Å². The van der Waals surface area contributed by atoms with Crippen molar-refractivity contribution in [3.05, 3.63) is 42.1 Å². The van der Waals surface area contributed by atoms with Crippen LogP contribution in [0.15, 0.2) is 30.7 Å². The number of carbonyl (C=O) groups is 2. The zero-order valence-electron chi connectivity index (χ0n) is 12.8. The maximum atomic E-state index is 13.6. The van der Waals surface area contributed by atoms with Crippen LogP contribution in [0.5, 0.6) is 0 Å². The maximum absolute atomic E-state index is 13.6. The van der Waals surface area contributed by atoms with Gasteiger partial charge in [0.2, 0.25) is 5.91 Å². The fraction of sp³-hybridized carbons (Fsp3) is 0.333. The minimum Gasteiger partial charge on any atom is -0.340 e. The number of amides is 2. The van der Waals surface area contributed by atoms with Gasteiger partial charge in [0.15, 0.2) is 5.82 Å². The van der Waals surface area contributed by atoms with Gasteiger partial charge in [0.1, 0.15) is 11.9 Å². The average molecular weight is 319 g/mol. The van der Waals surface area contributed by atoms with Crippen LogP contribution in [0.2, 0.25) is 0 Å². The molecular weight excluding hydrogens is 301 g/mol. The van der Waals surface area contributed by atoms with Crippen LogP contribution in [0.4, 0.5) is 10.2 Å². The summed E-state index contributed by atoms with van der Waals surface area (Å²) in [4.78, 5) is 28.1. The van der Waals surface area contributed by atoms with E-state index >= 15 is 0 Å². The second-order valence-electron chi connectivity index (χ2n) is 5.47. The van der Waals surface area contributed by atoms with Crippen molar-refractivity contribution in [3.8, 4) is 0 Å². The molecule has 3 N–H and O–H groups in total. The van der Waals surface area contributed by atoms with Crippen molar-refractivity contribution < 1.29 is 14.0 Å². The highest BCUT2D eigenvalue weighted by Gasteiger charge is 2.24. The second-order valence-corrected chi connectivity index (χ2v) is 5.47.